The molecule has 0 aromatic rings. The summed E-state index contributed by atoms with van der Waals surface area (Å²) < 4.78 is 0. The lowest BCUT2D eigenvalue weighted by Crippen LogP contribution is -2.34. The highest BCUT2D eigenvalue weighted by atomic mass is 16.1. The molecule has 0 fully saturated rings. The second-order valence-corrected chi connectivity index (χ2v) is 3.74. The van der Waals surface area contributed by atoms with Crippen LogP contribution in [0.25, 0.3) is 0 Å². The minimum absolute atomic E-state index is 0.0530. The van der Waals surface area contributed by atoms with Crippen LogP contribution >= 0.6 is 0 Å². The highest BCUT2D eigenvalue weighted by Crippen LogP contribution is 2.16. The molecule has 2 heteroatoms. The Morgan fingerprint density at radius 2 is 1.86 bits per heavy atom. The zero-order valence-corrected chi connectivity index (χ0v) is 9.68. The Bertz CT molecular complexity index is 173. The Kier molecular flexibility index (Phi) is 7.17. The van der Waals surface area contributed by atoms with Gasteiger partial charge in [0, 0.05) is 6.04 Å². The molecule has 1 atom stereocenters. The average Bonchev–Trinajstić information content (AvgIpc) is 2.23. The monoisotopic (exact) mass is 197 g/mol. The molecule has 82 valence electrons. The Balaban J connectivity index is 4.00. The van der Waals surface area contributed by atoms with Crippen molar-refractivity contribution in [2.75, 3.05) is 0 Å². The second-order valence-electron chi connectivity index (χ2n) is 3.74. The van der Waals surface area contributed by atoms with Crippen LogP contribution < -0.4 is 5.32 Å². The van der Waals surface area contributed by atoms with Crippen LogP contribution in [0.4, 0.5) is 0 Å². The fourth-order valence-electron chi connectivity index (χ4n) is 1.61. The quantitative estimate of drug-likeness (QED) is 0.625. The number of carbonyl (C=O) groups excluding carboxylic acids is 1. The van der Waals surface area contributed by atoms with E-state index in [1.165, 1.54) is 18.9 Å². The first-order valence-corrected chi connectivity index (χ1v) is 5.60. The maximum Gasteiger partial charge on any atom is 0.243 e. The molecule has 0 spiro atoms. The zero-order valence-electron chi connectivity index (χ0n) is 9.68. The molecule has 14 heavy (non-hydrogen) atoms. The van der Waals surface area contributed by atoms with E-state index in [4.69, 9.17) is 0 Å². The van der Waals surface area contributed by atoms with E-state index in [1.807, 2.05) is 0 Å². The van der Waals surface area contributed by atoms with Gasteiger partial charge in [-0.05, 0) is 24.8 Å². The van der Waals surface area contributed by atoms with E-state index in [0.717, 1.165) is 18.8 Å². The topological polar surface area (TPSA) is 29.1 Å². The van der Waals surface area contributed by atoms with E-state index < -0.39 is 0 Å². The molecule has 2 nitrogen and oxygen atoms in total. The molecule has 1 unspecified atom stereocenters. The summed E-state index contributed by atoms with van der Waals surface area (Å²) in [7, 11) is 0. The minimum atomic E-state index is -0.0530. The van der Waals surface area contributed by atoms with Gasteiger partial charge in [0.2, 0.25) is 5.91 Å². The summed E-state index contributed by atoms with van der Waals surface area (Å²) in [4.78, 5) is 11.1. The zero-order chi connectivity index (χ0) is 11.0. The normalized spacial score (nSPS) is 12.6. The van der Waals surface area contributed by atoms with Crippen LogP contribution in [-0.4, -0.2) is 11.9 Å². The predicted molar refractivity (Wildman–Crippen MR) is 61.1 cm³/mol. The average molecular weight is 197 g/mol. The molecule has 0 aromatic heterocycles. The van der Waals surface area contributed by atoms with Crippen molar-refractivity contribution < 1.29 is 4.79 Å². The third-order valence-electron chi connectivity index (χ3n) is 2.80. The maximum absolute atomic E-state index is 11.1. The molecular formula is C12H23NO. The van der Waals surface area contributed by atoms with Gasteiger partial charge in [-0.1, -0.05) is 40.2 Å². The van der Waals surface area contributed by atoms with Crippen molar-refractivity contribution in [2.45, 2.75) is 52.5 Å². The summed E-state index contributed by atoms with van der Waals surface area (Å²) in [5.74, 6) is 0.674. The number of carbonyl (C=O) groups is 1. The molecule has 0 saturated carbocycles. The van der Waals surface area contributed by atoms with Crippen molar-refractivity contribution in [3.63, 3.8) is 0 Å². The van der Waals surface area contributed by atoms with Crippen molar-refractivity contribution in [3.05, 3.63) is 12.7 Å². The molecule has 0 bridgehead atoms. The van der Waals surface area contributed by atoms with Gasteiger partial charge in [0.1, 0.15) is 0 Å². The molecular weight excluding hydrogens is 174 g/mol. The predicted octanol–water partition coefficient (Wildman–Crippen LogP) is 2.89. The van der Waals surface area contributed by atoms with Gasteiger partial charge < -0.3 is 5.32 Å². The molecule has 0 heterocycles. The van der Waals surface area contributed by atoms with Crippen LogP contribution in [0.15, 0.2) is 12.7 Å². The van der Waals surface area contributed by atoms with Crippen LogP contribution in [0.1, 0.15) is 46.5 Å². The third-order valence-corrected chi connectivity index (χ3v) is 2.80. The smallest absolute Gasteiger partial charge is 0.243 e. The van der Waals surface area contributed by atoms with E-state index in [2.05, 4.69) is 32.7 Å². The summed E-state index contributed by atoms with van der Waals surface area (Å²) >= 11 is 0. The van der Waals surface area contributed by atoms with Gasteiger partial charge in [-0.2, -0.15) is 0 Å². The lowest BCUT2D eigenvalue weighted by atomic mass is 9.93. The van der Waals surface area contributed by atoms with Crippen molar-refractivity contribution in [1.29, 1.82) is 0 Å². The summed E-state index contributed by atoms with van der Waals surface area (Å²) in [6, 6.07) is 0.311. The van der Waals surface area contributed by atoms with Crippen LogP contribution in [0.2, 0.25) is 0 Å². The summed E-state index contributed by atoms with van der Waals surface area (Å²) in [6.07, 6.45) is 5.81. The van der Waals surface area contributed by atoms with E-state index in [-0.39, 0.29) is 5.91 Å². The van der Waals surface area contributed by atoms with Crippen molar-refractivity contribution in [3.8, 4) is 0 Å². The fourth-order valence-corrected chi connectivity index (χ4v) is 1.61. The molecule has 0 aliphatic rings. The lowest BCUT2D eigenvalue weighted by molar-refractivity contribution is -0.117. The van der Waals surface area contributed by atoms with E-state index >= 15 is 0 Å². The Labute approximate surface area is 87.8 Å². The molecule has 1 N–H and O–H groups in total. The number of hydrogen-bond donors (Lipinski definition) is 1. The molecule has 0 aromatic carbocycles. The first kappa shape index (κ1) is 13.2. The van der Waals surface area contributed by atoms with Gasteiger partial charge >= 0.3 is 0 Å². The maximum atomic E-state index is 11.1. The minimum Gasteiger partial charge on any atom is -0.350 e. The van der Waals surface area contributed by atoms with Gasteiger partial charge in [0.25, 0.3) is 0 Å². The van der Waals surface area contributed by atoms with Crippen molar-refractivity contribution in [1.82, 2.24) is 5.32 Å². The van der Waals surface area contributed by atoms with Crippen LogP contribution in [0, 0.1) is 5.92 Å². The summed E-state index contributed by atoms with van der Waals surface area (Å²) in [5.41, 5.74) is 0. The number of nitrogens with one attached hydrogen (secondary N) is 1. The lowest BCUT2D eigenvalue weighted by Gasteiger charge is -2.21. The molecule has 0 aliphatic carbocycles. The second kappa shape index (κ2) is 7.60. The fraction of sp³-hybridized carbons (Fsp3) is 0.750. The van der Waals surface area contributed by atoms with Gasteiger partial charge in [0.05, 0.1) is 0 Å². The van der Waals surface area contributed by atoms with Crippen LogP contribution in [-0.2, 0) is 4.79 Å². The first-order valence-electron chi connectivity index (χ1n) is 5.60. The Morgan fingerprint density at radius 3 is 2.21 bits per heavy atom. The van der Waals surface area contributed by atoms with E-state index in [9.17, 15) is 4.79 Å². The standard InChI is InChI=1S/C12H23NO/c1-5-10(6-2)9-11(7-3)13-12(14)8-4/h8,10-11H,4-7,9H2,1-3H3,(H,13,14). The number of hydrogen-bond acceptors (Lipinski definition) is 1. The van der Waals surface area contributed by atoms with Crippen molar-refractivity contribution in [2.24, 2.45) is 5.92 Å². The summed E-state index contributed by atoms with van der Waals surface area (Å²) in [6.45, 7) is 9.97. The van der Waals surface area contributed by atoms with Crippen LogP contribution in [0.5, 0.6) is 0 Å². The van der Waals surface area contributed by atoms with E-state index in [1.54, 1.807) is 0 Å². The van der Waals surface area contributed by atoms with Gasteiger partial charge in [-0.15, -0.1) is 0 Å². The Morgan fingerprint density at radius 1 is 1.29 bits per heavy atom. The summed E-state index contributed by atoms with van der Waals surface area (Å²) in [5, 5.41) is 2.96. The Hall–Kier alpha value is -0.790. The largest absolute Gasteiger partial charge is 0.350 e. The molecule has 1 amide bonds. The van der Waals surface area contributed by atoms with Gasteiger partial charge in [-0.3, -0.25) is 4.79 Å². The third kappa shape index (κ3) is 5.05. The highest BCUT2D eigenvalue weighted by Gasteiger charge is 2.13. The molecule has 0 saturated heterocycles. The first-order chi connectivity index (χ1) is 6.67. The van der Waals surface area contributed by atoms with Gasteiger partial charge in [-0.25, -0.2) is 0 Å². The van der Waals surface area contributed by atoms with E-state index in [0.29, 0.717) is 6.04 Å². The van der Waals surface area contributed by atoms with Gasteiger partial charge in [0.15, 0.2) is 0 Å². The molecule has 0 aliphatic heterocycles. The molecule has 0 rings (SSSR count). The highest BCUT2D eigenvalue weighted by molar-refractivity contribution is 5.87. The van der Waals surface area contributed by atoms with Crippen LogP contribution in [0.3, 0.4) is 0 Å². The number of rotatable bonds is 7. The SMILES string of the molecule is C=CC(=O)NC(CC)CC(CC)CC. The number of amides is 1. The molecule has 0 radical (unpaired) electrons. The van der Waals surface area contributed by atoms with Crippen molar-refractivity contribution >= 4 is 5.91 Å².